The Hall–Kier alpha value is -3.91. The van der Waals surface area contributed by atoms with Crippen molar-refractivity contribution in [3.8, 4) is 28.4 Å². The molecule has 7 nitrogen and oxygen atoms in total. The Balaban J connectivity index is 1.79. The highest BCUT2D eigenvalue weighted by atomic mass is 79.9. The summed E-state index contributed by atoms with van der Waals surface area (Å²) in [6, 6.07) is 23.5. The van der Waals surface area contributed by atoms with E-state index < -0.39 is 11.9 Å². The van der Waals surface area contributed by atoms with Crippen LogP contribution in [-0.2, 0) is 9.47 Å². The first-order valence-corrected chi connectivity index (χ1v) is 10.7. The van der Waals surface area contributed by atoms with E-state index in [-0.39, 0.29) is 11.3 Å². The van der Waals surface area contributed by atoms with E-state index >= 15 is 0 Å². The molecule has 33 heavy (non-hydrogen) atoms. The number of hydrogen-bond acceptors (Lipinski definition) is 6. The Labute approximate surface area is 198 Å². The zero-order valence-electron chi connectivity index (χ0n) is 17.8. The number of benzene rings is 3. The zero-order valence-corrected chi connectivity index (χ0v) is 19.4. The van der Waals surface area contributed by atoms with E-state index in [0.29, 0.717) is 28.4 Å². The van der Waals surface area contributed by atoms with Gasteiger partial charge in [-0.3, -0.25) is 0 Å². The SMILES string of the molecule is COC(=O)c1c(-c2ccc(Oc3ccc(Br)cc3)cc2)nn(-c2ccccc2)c1C(=O)OC. The minimum absolute atomic E-state index is 0.0132. The van der Waals surface area contributed by atoms with Gasteiger partial charge in [0, 0.05) is 10.0 Å². The van der Waals surface area contributed by atoms with Crippen LogP contribution in [0.2, 0.25) is 0 Å². The lowest BCUT2D eigenvalue weighted by molar-refractivity contribution is 0.0549. The predicted molar refractivity (Wildman–Crippen MR) is 126 cm³/mol. The maximum atomic E-state index is 12.7. The van der Waals surface area contributed by atoms with Gasteiger partial charge in [0.05, 0.1) is 19.9 Å². The quantitative estimate of drug-likeness (QED) is 0.313. The molecule has 1 aromatic heterocycles. The minimum Gasteiger partial charge on any atom is -0.465 e. The molecule has 3 aromatic carbocycles. The lowest BCUT2D eigenvalue weighted by Gasteiger charge is -2.07. The molecule has 0 amide bonds. The van der Waals surface area contributed by atoms with Crippen LogP contribution in [0.25, 0.3) is 16.9 Å². The maximum absolute atomic E-state index is 12.7. The molecule has 0 aliphatic carbocycles. The van der Waals surface area contributed by atoms with Crippen molar-refractivity contribution >= 4 is 27.9 Å². The van der Waals surface area contributed by atoms with Crippen molar-refractivity contribution in [2.75, 3.05) is 14.2 Å². The lowest BCUT2D eigenvalue weighted by Crippen LogP contribution is -2.15. The van der Waals surface area contributed by atoms with Gasteiger partial charge in [0.2, 0.25) is 0 Å². The smallest absolute Gasteiger partial charge is 0.357 e. The fourth-order valence-corrected chi connectivity index (χ4v) is 3.54. The van der Waals surface area contributed by atoms with Crippen molar-refractivity contribution in [1.29, 1.82) is 0 Å². The number of ether oxygens (including phenoxy) is 3. The summed E-state index contributed by atoms with van der Waals surface area (Å²) in [5, 5.41) is 4.58. The fraction of sp³-hybridized carbons (Fsp3) is 0.0800. The standard InChI is InChI=1S/C25H19BrN2O5/c1-31-24(29)21-22(27-28(23(21)25(30)32-2)18-6-4-3-5-7-18)16-8-12-19(13-9-16)33-20-14-10-17(26)11-15-20/h3-15H,1-2H3. The molecule has 0 aliphatic heterocycles. The van der Waals surface area contributed by atoms with Crippen molar-refractivity contribution in [2.45, 2.75) is 0 Å². The number of halogens is 1. The van der Waals surface area contributed by atoms with E-state index in [1.54, 1.807) is 36.4 Å². The summed E-state index contributed by atoms with van der Waals surface area (Å²) < 4.78 is 18.1. The molecule has 0 saturated heterocycles. The van der Waals surface area contributed by atoms with E-state index in [1.807, 2.05) is 42.5 Å². The van der Waals surface area contributed by atoms with Crippen molar-refractivity contribution in [3.63, 3.8) is 0 Å². The molecule has 0 aliphatic rings. The number of nitrogens with zero attached hydrogens (tertiary/aromatic N) is 2. The van der Waals surface area contributed by atoms with Crippen LogP contribution >= 0.6 is 15.9 Å². The second kappa shape index (κ2) is 9.70. The van der Waals surface area contributed by atoms with Gasteiger partial charge in [-0.05, 0) is 60.7 Å². The van der Waals surface area contributed by atoms with Crippen LogP contribution in [0.1, 0.15) is 20.8 Å². The van der Waals surface area contributed by atoms with Crippen LogP contribution < -0.4 is 4.74 Å². The van der Waals surface area contributed by atoms with Crippen LogP contribution in [0, 0.1) is 0 Å². The van der Waals surface area contributed by atoms with Gasteiger partial charge in [-0.2, -0.15) is 5.10 Å². The number of hydrogen-bond donors (Lipinski definition) is 0. The van der Waals surface area contributed by atoms with Gasteiger partial charge in [0.15, 0.2) is 5.69 Å². The van der Waals surface area contributed by atoms with Crippen LogP contribution in [0.5, 0.6) is 11.5 Å². The van der Waals surface area contributed by atoms with Gasteiger partial charge in [0.1, 0.15) is 22.8 Å². The van der Waals surface area contributed by atoms with E-state index in [2.05, 4.69) is 21.0 Å². The molecule has 166 valence electrons. The van der Waals surface area contributed by atoms with Crippen LogP contribution in [-0.4, -0.2) is 35.9 Å². The lowest BCUT2D eigenvalue weighted by atomic mass is 10.1. The molecule has 0 unspecified atom stereocenters. The summed E-state index contributed by atoms with van der Waals surface area (Å²) in [5.74, 6) is -0.102. The Kier molecular flexibility index (Phi) is 6.55. The second-order valence-electron chi connectivity index (χ2n) is 6.88. The summed E-state index contributed by atoms with van der Waals surface area (Å²) in [7, 11) is 2.50. The van der Waals surface area contributed by atoms with E-state index in [1.165, 1.54) is 18.9 Å². The van der Waals surface area contributed by atoms with Gasteiger partial charge in [-0.25, -0.2) is 14.3 Å². The van der Waals surface area contributed by atoms with Gasteiger partial charge in [-0.1, -0.05) is 34.1 Å². The van der Waals surface area contributed by atoms with Crippen molar-refractivity contribution < 1.29 is 23.8 Å². The number of esters is 2. The Morgan fingerprint density at radius 1 is 0.788 bits per heavy atom. The normalized spacial score (nSPS) is 10.5. The molecule has 0 fully saturated rings. The molecule has 0 N–H and O–H groups in total. The van der Waals surface area contributed by atoms with Crippen LogP contribution in [0.4, 0.5) is 0 Å². The first kappa shape index (κ1) is 22.3. The average molecular weight is 507 g/mol. The summed E-state index contributed by atoms with van der Waals surface area (Å²) >= 11 is 3.40. The number of aromatic nitrogens is 2. The summed E-state index contributed by atoms with van der Waals surface area (Å²) in [4.78, 5) is 25.4. The molecule has 4 rings (SSSR count). The van der Waals surface area contributed by atoms with Crippen molar-refractivity contribution in [2.24, 2.45) is 0 Å². The van der Waals surface area contributed by atoms with Gasteiger partial charge < -0.3 is 14.2 Å². The van der Waals surface area contributed by atoms with Crippen LogP contribution in [0.15, 0.2) is 83.3 Å². The monoisotopic (exact) mass is 506 g/mol. The van der Waals surface area contributed by atoms with Gasteiger partial charge in [-0.15, -0.1) is 0 Å². The largest absolute Gasteiger partial charge is 0.465 e. The number of rotatable bonds is 6. The summed E-state index contributed by atoms with van der Waals surface area (Å²) in [5.41, 5.74) is 1.51. The average Bonchev–Trinajstić information content (AvgIpc) is 3.26. The molecule has 0 saturated carbocycles. The summed E-state index contributed by atoms with van der Waals surface area (Å²) in [6.45, 7) is 0. The Morgan fingerprint density at radius 3 is 1.94 bits per heavy atom. The van der Waals surface area contributed by atoms with Gasteiger partial charge in [0.25, 0.3) is 0 Å². The molecule has 0 radical (unpaired) electrons. The Morgan fingerprint density at radius 2 is 1.36 bits per heavy atom. The molecular formula is C25H19BrN2O5. The highest BCUT2D eigenvalue weighted by Crippen LogP contribution is 2.31. The fourth-order valence-electron chi connectivity index (χ4n) is 3.28. The first-order valence-electron chi connectivity index (χ1n) is 9.90. The highest BCUT2D eigenvalue weighted by molar-refractivity contribution is 9.10. The summed E-state index contributed by atoms with van der Waals surface area (Å²) in [6.07, 6.45) is 0. The molecular weight excluding hydrogens is 488 g/mol. The third-order valence-corrected chi connectivity index (χ3v) is 5.36. The third kappa shape index (κ3) is 4.65. The van der Waals surface area contributed by atoms with Crippen LogP contribution in [0.3, 0.4) is 0 Å². The number of carbonyl (C=O) groups is 2. The van der Waals surface area contributed by atoms with E-state index in [9.17, 15) is 9.59 Å². The van der Waals surface area contributed by atoms with Crippen molar-refractivity contribution in [1.82, 2.24) is 9.78 Å². The second-order valence-corrected chi connectivity index (χ2v) is 7.80. The molecule has 1 heterocycles. The zero-order chi connectivity index (χ0) is 23.4. The molecule has 8 heteroatoms. The van der Waals surface area contributed by atoms with Gasteiger partial charge >= 0.3 is 11.9 Å². The van der Waals surface area contributed by atoms with Crippen molar-refractivity contribution in [3.05, 3.63) is 94.6 Å². The molecule has 0 spiro atoms. The Bertz CT molecular complexity index is 1280. The minimum atomic E-state index is -0.701. The molecule has 0 bridgehead atoms. The number of carbonyl (C=O) groups excluding carboxylic acids is 2. The highest BCUT2D eigenvalue weighted by Gasteiger charge is 2.31. The van der Waals surface area contributed by atoms with E-state index in [4.69, 9.17) is 14.2 Å². The number of methoxy groups -OCH3 is 2. The molecule has 4 aromatic rings. The first-order chi connectivity index (χ1) is 16.0. The van der Waals surface area contributed by atoms with E-state index in [0.717, 1.165) is 4.47 Å². The maximum Gasteiger partial charge on any atom is 0.357 e. The predicted octanol–water partition coefficient (Wildman–Crippen LogP) is 5.67. The topological polar surface area (TPSA) is 79.7 Å². The number of para-hydroxylation sites is 1. The third-order valence-electron chi connectivity index (χ3n) is 4.83. The molecule has 0 atom stereocenters.